The number of thiophene rings is 1. The van der Waals surface area contributed by atoms with Crippen LogP contribution in [0.4, 0.5) is 5.00 Å². The summed E-state index contributed by atoms with van der Waals surface area (Å²) in [6.45, 7) is 0. The van der Waals surface area contributed by atoms with E-state index in [4.69, 9.17) is 0 Å². The van der Waals surface area contributed by atoms with Crippen molar-refractivity contribution in [1.29, 1.82) is 0 Å². The number of rotatable bonds is 2. The van der Waals surface area contributed by atoms with Gasteiger partial charge in [0.2, 0.25) is 0 Å². The molecule has 78 valence electrons. The van der Waals surface area contributed by atoms with Crippen molar-refractivity contribution < 1.29 is 0 Å². The first-order valence-corrected chi connectivity index (χ1v) is 6.14. The molecule has 0 aromatic carbocycles. The predicted octanol–water partition coefficient (Wildman–Crippen LogP) is 3.82. The normalized spacial score (nSPS) is 10.8. The van der Waals surface area contributed by atoms with Gasteiger partial charge in [-0.3, -0.25) is 4.98 Å². The maximum atomic E-state index is 10.4. The average molecular weight is 247 g/mol. The van der Waals surface area contributed by atoms with Gasteiger partial charge < -0.3 is 0 Å². The van der Waals surface area contributed by atoms with Crippen LogP contribution >= 0.6 is 22.7 Å². The van der Waals surface area contributed by atoms with Gasteiger partial charge >= 0.3 is 0 Å². The molecule has 0 saturated carbocycles. The van der Waals surface area contributed by atoms with Gasteiger partial charge in [0.15, 0.2) is 5.00 Å². The Morgan fingerprint density at radius 2 is 2.12 bits per heavy atom. The minimum absolute atomic E-state index is 0.479. The van der Waals surface area contributed by atoms with E-state index in [1.165, 1.54) is 11.3 Å². The van der Waals surface area contributed by atoms with Crippen LogP contribution in [0.25, 0.3) is 20.1 Å². The summed E-state index contributed by atoms with van der Waals surface area (Å²) in [7, 11) is 0. The number of pyridine rings is 1. The van der Waals surface area contributed by atoms with E-state index in [0.717, 1.165) is 20.1 Å². The van der Waals surface area contributed by atoms with Gasteiger partial charge in [-0.05, 0) is 23.4 Å². The molecule has 3 aromatic rings. The Morgan fingerprint density at radius 1 is 1.19 bits per heavy atom. The van der Waals surface area contributed by atoms with Crippen LogP contribution < -0.4 is 0 Å². The summed E-state index contributed by atoms with van der Waals surface area (Å²) >= 11 is 2.94. The number of nitroso groups, excluding NO2 is 1. The Bertz CT molecular complexity index is 626. The Balaban J connectivity index is 2.14. The second-order valence-electron chi connectivity index (χ2n) is 3.09. The summed E-state index contributed by atoms with van der Waals surface area (Å²) in [6, 6.07) is 5.51. The standard InChI is InChI=1S/C10H5N3OS2/c14-13-9-2-1-8(15-9)10-12-6-5-11-4-3-7(6)16-10/h1-5H. The van der Waals surface area contributed by atoms with Gasteiger partial charge in [-0.1, -0.05) is 0 Å². The van der Waals surface area contributed by atoms with Crippen LogP contribution in [0.15, 0.2) is 35.8 Å². The summed E-state index contributed by atoms with van der Waals surface area (Å²) in [5, 5.41) is 4.29. The highest BCUT2D eigenvalue weighted by Crippen LogP contribution is 2.36. The molecule has 0 N–H and O–H groups in total. The van der Waals surface area contributed by atoms with Crippen molar-refractivity contribution in [2.45, 2.75) is 0 Å². The van der Waals surface area contributed by atoms with Gasteiger partial charge in [0, 0.05) is 6.20 Å². The van der Waals surface area contributed by atoms with Crippen LogP contribution in [0, 0.1) is 4.91 Å². The first kappa shape index (κ1) is 9.56. The minimum atomic E-state index is 0.479. The number of nitrogens with zero attached hydrogens (tertiary/aromatic N) is 3. The molecular weight excluding hydrogens is 242 g/mol. The molecule has 0 aliphatic rings. The summed E-state index contributed by atoms with van der Waals surface area (Å²) in [4.78, 5) is 19.8. The Labute approximate surface area is 98.6 Å². The molecule has 4 nitrogen and oxygen atoms in total. The highest BCUT2D eigenvalue weighted by atomic mass is 32.1. The van der Waals surface area contributed by atoms with E-state index >= 15 is 0 Å². The fourth-order valence-electron chi connectivity index (χ4n) is 1.38. The molecule has 0 radical (unpaired) electrons. The van der Waals surface area contributed by atoms with Gasteiger partial charge in [0.1, 0.15) is 10.5 Å². The zero-order valence-corrected chi connectivity index (χ0v) is 9.59. The Kier molecular flexibility index (Phi) is 2.23. The highest BCUT2D eigenvalue weighted by molar-refractivity contribution is 7.26. The van der Waals surface area contributed by atoms with E-state index in [2.05, 4.69) is 15.1 Å². The van der Waals surface area contributed by atoms with Crippen molar-refractivity contribution in [3.8, 4) is 9.88 Å². The molecule has 0 aliphatic carbocycles. The van der Waals surface area contributed by atoms with Gasteiger partial charge in [-0.2, -0.15) is 0 Å². The number of aromatic nitrogens is 2. The quantitative estimate of drug-likeness (QED) is 0.647. The van der Waals surface area contributed by atoms with Gasteiger partial charge in [-0.15, -0.1) is 27.6 Å². The zero-order valence-electron chi connectivity index (χ0n) is 7.95. The maximum Gasteiger partial charge on any atom is 0.161 e. The summed E-state index contributed by atoms with van der Waals surface area (Å²) in [5.74, 6) is 0. The lowest BCUT2D eigenvalue weighted by Crippen LogP contribution is -1.70. The molecule has 0 bridgehead atoms. The molecule has 3 rings (SSSR count). The molecule has 3 heterocycles. The van der Waals surface area contributed by atoms with Gasteiger partial charge in [0.25, 0.3) is 0 Å². The number of hydrogen-bond acceptors (Lipinski definition) is 6. The fraction of sp³-hybridized carbons (Fsp3) is 0. The van der Waals surface area contributed by atoms with Crippen molar-refractivity contribution in [2.24, 2.45) is 5.18 Å². The summed E-state index contributed by atoms with van der Waals surface area (Å²) < 4.78 is 1.10. The molecule has 0 atom stereocenters. The monoisotopic (exact) mass is 247 g/mol. The SMILES string of the molecule is O=Nc1ccc(-c2nc3cnccc3s2)s1. The lowest BCUT2D eigenvalue weighted by molar-refractivity contribution is 1.34. The second-order valence-corrected chi connectivity index (χ2v) is 5.18. The predicted molar refractivity (Wildman–Crippen MR) is 66.2 cm³/mol. The molecule has 0 fully saturated rings. The first-order valence-electron chi connectivity index (χ1n) is 4.51. The van der Waals surface area contributed by atoms with Crippen LogP contribution in [-0.4, -0.2) is 9.97 Å². The number of fused-ring (bicyclic) bond motifs is 1. The molecule has 6 heteroatoms. The third kappa shape index (κ3) is 1.52. The van der Waals surface area contributed by atoms with Crippen LogP contribution in [0.1, 0.15) is 0 Å². The van der Waals surface area contributed by atoms with Crippen LogP contribution in [0.3, 0.4) is 0 Å². The third-order valence-electron chi connectivity index (χ3n) is 2.08. The lowest BCUT2D eigenvalue weighted by Gasteiger charge is -1.84. The first-order chi connectivity index (χ1) is 7.86. The number of thiazole rings is 1. The molecule has 16 heavy (non-hydrogen) atoms. The van der Waals surface area contributed by atoms with Crippen molar-refractivity contribution in [3.05, 3.63) is 35.5 Å². The molecule has 0 amide bonds. The smallest absolute Gasteiger partial charge is 0.161 e. The van der Waals surface area contributed by atoms with Crippen molar-refractivity contribution in [1.82, 2.24) is 9.97 Å². The molecule has 3 aromatic heterocycles. The topological polar surface area (TPSA) is 55.2 Å². The van der Waals surface area contributed by atoms with Crippen molar-refractivity contribution in [2.75, 3.05) is 0 Å². The van der Waals surface area contributed by atoms with Gasteiger partial charge in [0.05, 0.1) is 15.8 Å². The largest absolute Gasteiger partial charge is 0.262 e. The van der Waals surface area contributed by atoms with E-state index in [1.807, 2.05) is 12.1 Å². The second kappa shape index (κ2) is 3.73. The van der Waals surface area contributed by atoms with E-state index in [-0.39, 0.29) is 0 Å². The van der Waals surface area contributed by atoms with Crippen molar-refractivity contribution in [3.63, 3.8) is 0 Å². The Morgan fingerprint density at radius 3 is 2.88 bits per heavy atom. The van der Waals surface area contributed by atoms with E-state index in [0.29, 0.717) is 5.00 Å². The van der Waals surface area contributed by atoms with E-state index < -0.39 is 0 Å². The molecule has 0 saturated heterocycles. The van der Waals surface area contributed by atoms with Crippen LogP contribution in [0.5, 0.6) is 0 Å². The van der Waals surface area contributed by atoms with Crippen molar-refractivity contribution >= 4 is 37.9 Å². The molecule has 0 unspecified atom stereocenters. The van der Waals surface area contributed by atoms with Crippen LogP contribution in [-0.2, 0) is 0 Å². The molecular formula is C10H5N3OS2. The Hall–Kier alpha value is -1.66. The van der Waals surface area contributed by atoms with E-state index in [1.54, 1.807) is 29.8 Å². The third-order valence-corrected chi connectivity index (χ3v) is 4.25. The maximum absolute atomic E-state index is 10.4. The summed E-state index contributed by atoms with van der Waals surface area (Å²) in [5.41, 5.74) is 0.886. The molecule has 0 spiro atoms. The van der Waals surface area contributed by atoms with Gasteiger partial charge in [-0.25, -0.2) is 4.98 Å². The van der Waals surface area contributed by atoms with Crippen LogP contribution in [0.2, 0.25) is 0 Å². The zero-order chi connectivity index (χ0) is 11.0. The average Bonchev–Trinajstić information content (AvgIpc) is 2.95. The minimum Gasteiger partial charge on any atom is -0.262 e. The number of hydrogen-bond donors (Lipinski definition) is 0. The lowest BCUT2D eigenvalue weighted by atomic mass is 10.4. The van der Waals surface area contributed by atoms with E-state index in [9.17, 15) is 4.91 Å². The molecule has 0 aliphatic heterocycles. The summed E-state index contributed by atoms with van der Waals surface area (Å²) in [6.07, 6.45) is 3.49. The highest BCUT2D eigenvalue weighted by Gasteiger charge is 2.08. The fourth-order valence-corrected chi connectivity index (χ4v) is 3.15.